The molecule has 4 heteroatoms. The van der Waals surface area contributed by atoms with E-state index in [1.165, 1.54) is 0 Å². The van der Waals surface area contributed by atoms with Gasteiger partial charge < -0.3 is 10.2 Å². The Morgan fingerprint density at radius 2 is 2.25 bits per heavy atom. The highest BCUT2D eigenvalue weighted by molar-refractivity contribution is 6.05. The van der Waals surface area contributed by atoms with Crippen LogP contribution in [0.1, 0.15) is 24.0 Å². The first kappa shape index (κ1) is 10.7. The van der Waals surface area contributed by atoms with Gasteiger partial charge in [0, 0.05) is 11.3 Å². The van der Waals surface area contributed by atoms with Crippen molar-refractivity contribution in [2.24, 2.45) is 4.99 Å². The van der Waals surface area contributed by atoms with Crippen LogP contribution in [0.5, 0.6) is 5.75 Å². The molecule has 0 aromatic heterocycles. The lowest BCUT2D eigenvalue weighted by atomic mass is 10.0. The number of hydrogen-bond acceptors (Lipinski definition) is 3. The summed E-state index contributed by atoms with van der Waals surface area (Å²) in [6.45, 7) is 1.92. The fraction of sp³-hybridized carbons (Fsp3) is 0.333. The molecule has 0 fully saturated rings. The van der Waals surface area contributed by atoms with E-state index in [0.717, 1.165) is 5.56 Å². The van der Waals surface area contributed by atoms with Crippen molar-refractivity contribution in [2.45, 2.75) is 25.8 Å². The molecule has 1 atom stereocenters. The summed E-state index contributed by atoms with van der Waals surface area (Å²) >= 11 is 0. The van der Waals surface area contributed by atoms with Crippen LogP contribution >= 0.6 is 0 Å². The Kier molecular flexibility index (Phi) is 2.64. The maximum Gasteiger partial charge on any atom is 0.328 e. The van der Waals surface area contributed by atoms with E-state index in [-0.39, 0.29) is 5.75 Å². The smallest absolute Gasteiger partial charge is 0.328 e. The van der Waals surface area contributed by atoms with Crippen LogP contribution in [0, 0.1) is 6.92 Å². The number of aliphatic imine (C=N–C) groups is 1. The number of aryl methyl sites for hydroxylation is 1. The van der Waals surface area contributed by atoms with Crippen LogP contribution in [0.15, 0.2) is 23.2 Å². The van der Waals surface area contributed by atoms with Crippen LogP contribution in [0.3, 0.4) is 0 Å². The number of hydrogen-bond donors (Lipinski definition) is 2. The van der Waals surface area contributed by atoms with Crippen molar-refractivity contribution < 1.29 is 15.0 Å². The van der Waals surface area contributed by atoms with Gasteiger partial charge in [-0.15, -0.1) is 0 Å². The normalized spacial score (nSPS) is 19.6. The summed E-state index contributed by atoms with van der Waals surface area (Å²) in [5.74, 6) is -0.738. The molecule has 1 heterocycles. The van der Waals surface area contributed by atoms with E-state index in [2.05, 4.69) is 4.99 Å². The Morgan fingerprint density at radius 1 is 1.50 bits per heavy atom. The molecule has 1 aliphatic heterocycles. The average Bonchev–Trinajstić information content (AvgIpc) is 2.70. The lowest BCUT2D eigenvalue weighted by Gasteiger charge is -2.04. The Hall–Kier alpha value is -1.84. The van der Waals surface area contributed by atoms with Crippen LogP contribution in [0.25, 0.3) is 0 Å². The van der Waals surface area contributed by atoms with Gasteiger partial charge in [0.25, 0.3) is 0 Å². The second-order valence-corrected chi connectivity index (χ2v) is 3.99. The van der Waals surface area contributed by atoms with Crippen LogP contribution in [0.4, 0.5) is 0 Å². The number of rotatable bonds is 2. The van der Waals surface area contributed by atoms with Gasteiger partial charge in [-0.2, -0.15) is 0 Å². The second-order valence-electron chi connectivity index (χ2n) is 3.99. The number of nitrogens with zero attached hydrogens (tertiary/aromatic N) is 1. The lowest BCUT2D eigenvalue weighted by Crippen LogP contribution is -2.13. The van der Waals surface area contributed by atoms with E-state index in [1.54, 1.807) is 6.07 Å². The summed E-state index contributed by atoms with van der Waals surface area (Å²) in [5.41, 5.74) is 2.37. The van der Waals surface area contributed by atoms with Crippen molar-refractivity contribution in [1.29, 1.82) is 0 Å². The topological polar surface area (TPSA) is 69.9 Å². The van der Waals surface area contributed by atoms with Crippen molar-refractivity contribution >= 4 is 11.7 Å². The van der Waals surface area contributed by atoms with Gasteiger partial charge in [0.05, 0.1) is 0 Å². The summed E-state index contributed by atoms with van der Waals surface area (Å²) in [6.07, 6.45) is 1.12. The van der Waals surface area contributed by atoms with Crippen LogP contribution < -0.4 is 0 Å². The molecule has 16 heavy (non-hydrogen) atoms. The molecule has 4 nitrogen and oxygen atoms in total. The van der Waals surface area contributed by atoms with E-state index in [9.17, 15) is 9.90 Å². The first-order chi connectivity index (χ1) is 7.58. The van der Waals surface area contributed by atoms with E-state index >= 15 is 0 Å². The zero-order chi connectivity index (χ0) is 11.7. The minimum Gasteiger partial charge on any atom is -0.507 e. The SMILES string of the molecule is Cc1ccc(O)c(C2=N[C@H](C(=O)O)CC2)c1. The highest BCUT2D eigenvalue weighted by Crippen LogP contribution is 2.25. The molecule has 1 aliphatic rings. The molecule has 0 radical (unpaired) electrons. The Balaban J connectivity index is 2.35. The summed E-state index contributed by atoms with van der Waals surface area (Å²) < 4.78 is 0. The minimum atomic E-state index is -0.901. The van der Waals surface area contributed by atoms with Gasteiger partial charge in [-0.05, 0) is 31.9 Å². The predicted octanol–water partition coefficient (Wildman–Crippen LogP) is 1.74. The van der Waals surface area contributed by atoms with E-state index < -0.39 is 12.0 Å². The molecule has 0 bridgehead atoms. The zero-order valence-corrected chi connectivity index (χ0v) is 8.97. The molecule has 0 unspecified atom stereocenters. The van der Waals surface area contributed by atoms with Crippen molar-refractivity contribution in [2.75, 3.05) is 0 Å². The van der Waals surface area contributed by atoms with Gasteiger partial charge in [0.1, 0.15) is 11.8 Å². The number of carbonyl (C=O) groups is 1. The Bertz CT molecular complexity index is 465. The molecule has 0 amide bonds. The number of phenolic OH excluding ortho intramolecular Hbond substituents is 1. The van der Waals surface area contributed by atoms with E-state index in [1.807, 2.05) is 19.1 Å². The van der Waals surface area contributed by atoms with Crippen LogP contribution in [0.2, 0.25) is 0 Å². The standard InChI is InChI=1S/C12H13NO3/c1-7-2-5-11(14)8(6-7)9-3-4-10(13-9)12(15)16/h2,5-6,10,14H,3-4H2,1H3,(H,15,16)/t10-/m0/s1. The number of phenols is 1. The van der Waals surface area contributed by atoms with E-state index in [0.29, 0.717) is 24.1 Å². The fourth-order valence-corrected chi connectivity index (χ4v) is 1.85. The number of benzene rings is 1. The number of aliphatic carboxylic acids is 1. The third kappa shape index (κ3) is 1.91. The van der Waals surface area contributed by atoms with Gasteiger partial charge in [0.15, 0.2) is 0 Å². The van der Waals surface area contributed by atoms with Crippen molar-refractivity contribution in [3.63, 3.8) is 0 Å². The molecule has 1 aromatic rings. The number of carboxylic acid groups (broad SMARTS) is 1. The number of carboxylic acids is 1. The first-order valence-electron chi connectivity index (χ1n) is 5.17. The van der Waals surface area contributed by atoms with Crippen LogP contribution in [-0.4, -0.2) is 27.9 Å². The van der Waals surface area contributed by atoms with Crippen molar-refractivity contribution in [3.8, 4) is 5.75 Å². The van der Waals surface area contributed by atoms with E-state index in [4.69, 9.17) is 5.11 Å². The Morgan fingerprint density at radius 3 is 2.88 bits per heavy atom. The van der Waals surface area contributed by atoms with Gasteiger partial charge in [-0.3, -0.25) is 4.99 Å². The third-order valence-corrected chi connectivity index (χ3v) is 2.71. The molecule has 0 saturated heterocycles. The summed E-state index contributed by atoms with van der Waals surface area (Å²) in [7, 11) is 0. The molecule has 0 saturated carbocycles. The van der Waals surface area contributed by atoms with Gasteiger partial charge in [-0.25, -0.2) is 4.79 Å². The van der Waals surface area contributed by atoms with Crippen molar-refractivity contribution in [3.05, 3.63) is 29.3 Å². The van der Waals surface area contributed by atoms with Gasteiger partial charge in [0.2, 0.25) is 0 Å². The molecule has 2 rings (SSSR count). The molecule has 1 aromatic carbocycles. The predicted molar refractivity (Wildman–Crippen MR) is 60.0 cm³/mol. The highest BCUT2D eigenvalue weighted by atomic mass is 16.4. The van der Waals surface area contributed by atoms with Crippen molar-refractivity contribution in [1.82, 2.24) is 0 Å². The molecule has 2 N–H and O–H groups in total. The summed E-state index contributed by atoms with van der Waals surface area (Å²) in [5, 5.41) is 18.5. The zero-order valence-electron chi connectivity index (χ0n) is 8.97. The lowest BCUT2D eigenvalue weighted by molar-refractivity contribution is -0.138. The molecule has 0 aliphatic carbocycles. The molecule has 0 spiro atoms. The second kappa shape index (κ2) is 3.96. The molecular formula is C12H13NO3. The fourth-order valence-electron chi connectivity index (χ4n) is 1.85. The first-order valence-corrected chi connectivity index (χ1v) is 5.17. The number of aromatic hydroxyl groups is 1. The Labute approximate surface area is 93.3 Å². The maximum absolute atomic E-state index is 10.8. The van der Waals surface area contributed by atoms with Gasteiger partial charge in [-0.1, -0.05) is 11.6 Å². The minimum absolute atomic E-state index is 0.162. The largest absolute Gasteiger partial charge is 0.507 e. The summed E-state index contributed by atoms with van der Waals surface area (Å²) in [6, 6.07) is 4.60. The molecule has 84 valence electrons. The monoisotopic (exact) mass is 219 g/mol. The van der Waals surface area contributed by atoms with Crippen LogP contribution in [-0.2, 0) is 4.79 Å². The van der Waals surface area contributed by atoms with Gasteiger partial charge >= 0.3 is 5.97 Å². The third-order valence-electron chi connectivity index (χ3n) is 2.71. The maximum atomic E-state index is 10.8. The quantitative estimate of drug-likeness (QED) is 0.795. The average molecular weight is 219 g/mol. The summed E-state index contributed by atoms with van der Waals surface area (Å²) in [4.78, 5) is 14.9. The highest BCUT2D eigenvalue weighted by Gasteiger charge is 2.25. The molecular weight excluding hydrogens is 206 g/mol.